The van der Waals surface area contributed by atoms with Crippen molar-refractivity contribution in [2.24, 2.45) is 46.2 Å². The smallest absolute Gasteiger partial charge is 0.328 e. The quantitative estimate of drug-likeness (QED) is 0.166. The second kappa shape index (κ2) is 16.6. The van der Waals surface area contributed by atoms with Crippen molar-refractivity contribution in [3.05, 3.63) is 0 Å². The SMILES string of the molecule is CC.COC(=O)C1CCCN1C(=O)CCCC1CCC2C3CCC4CC(NCCCNCCCN)CCC4(C)C3CCC12C. The Kier molecular flexibility index (Phi) is 13.4. The first kappa shape index (κ1) is 35.7. The Hall–Kier alpha value is -1.18. The Morgan fingerprint density at radius 3 is 2.41 bits per heavy atom. The summed E-state index contributed by atoms with van der Waals surface area (Å²) in [6.45, 7) is 14.1. The van der Waals surface area contributed by atoms with Gasteiger partial charge in [-0.05, 0) is 163 Å². The topological polar surface area (TPSA) is 96.7 Å². The fourth-order valence-electron chi connectivity index (χ4n) is 11.0. The van der Waals surface area contributed by atoms with E-state index >= 15 is 0 Å². The molecule has 9 atom stereocenters. The lowest BCUT2D eigenvalue weighted by molar-refractivity contribution is -0.151. The molecule has 1 amide bonds. The lowest BCUT2D eigenvalue weighted by atomic mass is 9.44. The molecule has 4 N–H and O–H groups in total. The van der Waals surface area contributed by atoms with E-state index in [9.17, 15) is 9.59 Å². The number of likely N-dealkylation sites (tertiary alicyclic amines) is 1. The molecule has 4 aliphatic carbocycles. The van der Waals surface area contributed by atoms with Gasteiger partial charge in [0.15, 0.2) is 0 Å². The van der Waals surface area contributed by atoms with Crippen LogP contribution in [0.2, 0.25) is 0 Å². The minimum Gasteiger partial charge on any atom is -0.467 e. The molecule has 44 heavy (non-hydrogen) atoms. The van der Waals surface area contributed by atoms with Gasteiger partial charge in [-0.2, -0.15) is 0 Å². The van der Waals surface area contributed by atoms with E-state index in [1.807, 2.05) is 13.8 Å². The molecule has 5 aliphatic rings. The molecule has 9 unspecified atom stereocenters. The van der Waals surface area contributed by atoms with Crippen molar-refractivity contribution in [1.82, 2.24) is 15.5 Å². The molecule has 1 saturated heterocycles. The molecule has 254 valence electrons. The lowest BCUT2D eigenvalue weighted by Gasteiger charge is -2.61. The zero-order valence-corrected chi connectivity index (χ0v) is 29.1. The number of ether oxygens (including phenoxy) is 1. The van der Waals surface area contributed by atoms with E-state index in [2.05, 4.69) is 24.5 Å². The van der Waals surface area contributed by atoms with E-state index in [1.165, 1.54) is 77.7 Å². The van der Waals surface area contributed by atoms with Crippen LogP contribution in [0.3, 0.4) is 0 Å². The van der Waals surface area contributed by atoms with Crippen molar-refractivity contribution in [2.45, 2.75) is 143 Å². The summed E-state index contributed by atoms with van der Waals surface area (Å²) in [5.41, 5.74) is 6.57. The molecule has 4 saturated carbocycles. The minimum absolute atomic E-state index is 0.154. The highest BCUT2D eigenvalue weighted by Gasteiger charge is 2.59. The molecule has 0 aromatic rings. The maximum absolute atomic E-state index is 13.0. The van der Waals surface area contributed by atoms with Crippen molar-refractivity contribution in [3.63, 3.8) is 0 Å². The van der Waals surface area contributed by atoms with Gasteiger partial charge in [-0.25, -0.2) is 4.79 Å². The highest BCUT2D eigenvalue weighted by atomic mass is 16.5. The standard InChI is InChI=1S/C35H62N4O3.C2H6/c1-34-18-16-30-28(13-11-26-24-27(15-17-35(26,30)2)38-22-7-21-37-20-6-19-36)29(34)14-12-25(34)8-4-10-32(40)39-23-5-9-31(39)33(41)42-3;1-2/h25-31,37-38H,4-24,36H2,1-3H3;1-2H3. The number of carbonyl (C=O) groups excluding carboxylic acids is 2. The molecule has 0 spiro atoms. The Morgan fingerprint density at radius 2 is 1.64 bits per heavy atom. The molecular weight excluding hydrogens is 548 g/mol. The largest absolute Gasteiger partial charge is 0.467 e. The van der Waals surface area contributed by atoms with Crippen LogP contribution in [0, 0.1) is 40.4 Å². The second-order valence-corrected chi connectivity index (χ2v) is 15.3. The number of nitrogens with two attached hydrogens (primary N) is 1. The maximum Gasteiger partial charge on any atom is 0.328 e. The van der Waals surface area contributed by atoms with E-state index in [4.69, 9.17) is 10.5 Å². The minimum atomic E-state index is -0.359. The zero-order chi connectivity index (χ0) is 31.7. The molecule has 7 heteroatoms. The van der Waals surface area contributed by atoms with Crippen molar-refractivity contribution in [2.75, 3.05) is 39.8 Å². The van der Waals surface area contributed by atoms with E-state index in [0.29, 0.717) is 29.8 Å². The van der Waals surface area contributed by atoms with Crippen LogP contribution in [0.25, 0.3) is 0 Å². The lowest BCUT2D eigenvalue weighted by Crippen LogP contribution is -2.55. The summed E-state index contributed by atoms with van der Waals surface area (Å²) in [5, 5.41) is 7.44. The molecule has 1 aliphatic heterocycles. The summed E-state index contributed by atoms with van der Waals surface area (Å²) >= 11 is 0. The second-order valence-electron chi connectivity index (χ2n) is 15.3. The number of nitrogens with one attached hydrogen (secondary N) is 2. The molecule has 0 radical (unpaired) electrons. The third kappa shape index (κ3) is 7.68. The predicted octanol–water partition coefficient (Wildman–Crippen LogP) is 6.29. The number of rotatable bonds is 13. The summed E-state index contributed by atoms with van der Waals surface area (Å²) in [6.07, 6.45) is 19.2. The van der Waals surface area contributed by atoms with Gasteiger partial charge < -0.3 is 26.0 Å². The van der Waals surface area contributed by atoms with Gasteiger partial charge in [-0.3, -0.25) is 4.79 Å². The number of esters is 1. The first-order valence-electron chi connectivity index (χ1n) is 18.8. The van der Waals surface area contributed by atoms with Gasteiger partial charge in [0.2, 0.25) is 5.91 Å². The summed E-state index contributed by atoms with van der Waals surface area (Å²) in [6, 6.07) is 0.349. The molecule has 5 rings (SSSR count). The number of hydrogen-bond donors (Lipinski definition) is 3. The van der Waals surface area contributed by atoms with E-state index in [1.54, 1.807) is 4.90 Å². The Balaban J connectivity index is 0.00000216. The molecule has 0 aromatic heterocycles. The van der Waals surface area contributed by atoms with Crippen LogP contribution in [0.1, 0.15) is 130 Å². The summed E-state index contributed by atoms with van der Waals surface area (Å²) in [5.74, 6) is 4.24. The van der Waals surface area contributed by atoms with Crippen molar-refractivity contribution in [1.29, 1.82) is 0 Å². The fraction of sp³-hybridized carbons (Fsp3) is 0.946. The highest BCUT2D eigenvalue weighted by molar-refractivity contribution is 5.85. The third-order valence-corrected chi connectivity index (χ3v) is 13.4. The average Bonchev–Trinajstić information content (AvgIpc) is 3.66. The number of hydrogen-bond acceptors (Lipinski definition) is 6. The Morgan fingerprint density at radius 1 is 0.886 bits per heavy atom. The number of carbonyl (C=O) groups is 2. The van der Waals surface area contributed by atoms with Crippen molar-refractivity contribution >= 4 is 11.9 Å². The van der Waals surface area contributed by atoms with Gasteiger partial charge in [-0.15, -0.1) is 0 Å². The summed E-state index contributed by atoms with van der Waals surface area (Å²) in [4.78, 5) is 26.9. The van der Waals surface area contributed by atoms with Gasteiger partial charge in [0.1, 0.15) is 6.04 Å². The van der Waals surface area contributed by atoms with Gasteiger partial charge in [0.25, 0.3) is 0 Å². The van der Waals surface area contributed by atoms with Crippen LogP contribution in [0.5, 0.6) is 0 Å². The van der Waals surface area contributed by atoms with Crippen LogP contribution in [-0.2, 0) is 14.3 Å². The molecule has 0 aromatic carbocycles. The van der Waals surface area contributed by atoms with Crippen LogP contribution >= 0.6 is 0 Å². The zero-order valence-electron chi connectivity index (χ0n) is 29.1. The van der Waals surface area contributed by atoms with Gasteiger partial charge in [0.05, 0.1) is 7.11 Å². The summed E-state index contributed by atoms with van der Waals surface area (Å²) in [7, 11) is 1.43. The van der Waals surface area contributed by atoms with E-state index in [-0.39, 0.29) is 17.9 Å². The average molecular weight is 617 g/mol. The van der Waals surface area contributed by atoms with Gasteiger partial charge in [-0.1, -0.05) is 27.7 Å². The number of fused-ring (bicyclic) bond motifs is 5. The Labute approximate surface area is 269 Å². The number of methoxy groups -OCH3 is 1. The summed E-state index contributed by atoms with van der Waals surface area (Å²) < 4.78 is 4.95. The molecule has 0 bridgehead atoms. The van der Waals surface area contributed by atoms with Gasteiger partial charge >= 0.3 is 5.97 Å². The van der Waals surface area contributed by atoms with Crippen LogP contribution < -0.4 is 16.4 Å². The van der Waals surface area contributed by atoms with Gasteiger partial charge in [0, 0.05) is 19.0 Å². The normalized spacial score (nSPS) is 37.8. The highest BCUT2D eigenvalue weighted by Crippen LogP contribution is 2.67. The predicted molar refractivity (Wildman–Crippen MR) is 180 cm³/mol. The monoisotopic (exact) mass is 617 g/mol. The van der Waals surface area contributed by atoms with E-state index in [0.717, 1.165) is 81.5 Å². The first-order chi connectivity index (χ1) is 21.3. The molecule has 1 heterocycles. The van der Waals surface area contributed by atoms with E-state index < -0.39 is 0 Å². The molecular formula is C37H68N4O3. The van der Waals surface area contributed by atoms with Crippen molar-refractivity contribution in [3.8, 4) is 0 Å². The number of amides is 1. The molecule has 5 fully saturated rings. The Bertz CT molecular complexity index is 915. The molecule has 7 nitrogen and oxygen atoms in total. The first-order valence-corrected chi connectivity index (χ1v) is 18.8. The fourth-order valence-corrected chi connectivity index (χ4v) is 11.0. The third-order valence-electron chi connectivity index (χ3n) is 13.4. The number of nitrogens with zero attached hydrogens (tertiary/aromatic N) is 1. The van der Waals surface area contributed by atoms with Crippen molar-refractivity contribution < 1.29 is 14.3 Å². The van der Waals surface area contributed by atoms with Crippen LogP contribution in [0.15, 0.2) is 0 Å². The maximum atomic E-state index is 13.0. The van der Waals surface area contributed by atoms with Crippen LogP contribution in [-0.4, -0.2) is 68.7 Å². The van der Waals surface area contributed by atoms with Crippen LogP contribution in [0.4, 0.5) is 0 Å².